The number of Topliss-reactive ketones (excluding diaryl/α,β-unsaturated/α-hetero) is 1. The zero-order valence-electron chi connectivity index (χ0n) is 6.91. The second-order valence-corrected chi connectivity index (χ2v) is 4.33. The van der Waals surface area contributed by atoms with Crippen LogP contribution >= 0.6 is 11.8 Å². The lowest BCUT2D eigenvalue weighted by Gasteiger charge is -2.07. The number of hydrogen-bond donors (Lipinski definition) is 0. The van der Waals surface area contributed by atoms with Crippen molar-refractivity contribution >= 4 is 17.5 Å². The lowest BCUT2D eigenvalue weighted by Crippen LogP contribution is -2.06. The molecule has 2 nitrogen and oxygen atoms in total. The Labute approximate surface area is 76.4 Å². The van der Waals surface area contributed by atoms with Crippen LogP contribution in [0, 0.1) is 0 Å². The molecule has 0 N–H and O–H groups in total. The first-order valence-corrected chi connectivity index (χ1v) is 5.36. The summed E-state index contributed by atoms with van der Waals surface area (Å²) in [6.07, 6.45) is 4.53. The molecule has 0 spiro atoms. The van der Waals surface area contributed by atoms with Crippen molar-refractivity contribution in [2.24, 2.45) is 0 Å². The van der Waals surface area contributed by atoms with Gasteiger partial charge in [-0.05, 0) is 12.0 Å². The van der Waals surface area contributed by atoms with Crippen LogP contribution in [0.2, 0.25) is 0 Å². The maximum atomic E-state index is 11.2. The second-order valence-electron chi connectivity index (χ2n) is 3.07. The molecule has 1 atom stereocenters. The number of carbonyl (C=O) groups excluding carboxylic acids is 1. The normalized spacial score (nSPS) is 29.5. The topological polar surface area (TPSA) is 26.3 Å². The molecule has 1 aliphatic carbocycles. The molecular weight excluding hydrogens is 172 g/mol. The van der Waals surface area contributed by atoms with Gasteiger partial charge in [0.25, 0.3) is 0 Å². The van der Waals surface area contributed by atoms with Gasteiger partial charge in [0.1, 0.15) is 5.44 Å². The maximum absolute atomic E-state index is 11.2. The Kier molecular flexibility index (Phi) is 2.51. The molecule has 1 heterocycles. The van der Waals surface area contributed by atoms with E-state index in [0.29, 0.717) is 12.2 Å². The van der Waals surface area contributed by atoms with E-state index in [0.717, 1.165) is 30.8 Å². The molecular formula is C9H12O2S. The van der Waals surface area contributed by atoms with Gasteiger partial charge in [-0.1, -0.05) is 6.08 Å². The van der Waals surface area contributed by atoms with Crippen LogP contribution in [0.5, 0.6) is 0 Å². The zero-order valence-corrected chi connectivity index (χ0v) is 7.73. The van der Waals surface area contributed by atoms with Gasteiger partial charge < -0.3 is 4.74 Å². The van der Waals surface area contributed by atoms with E-state index in [2.05, 4.69) is 6.08 Å². The Hall–Kier alpha value is -0.280. The van der Waals surface area contributed by atoms with Crippen LogP contribution in [-0.2, 0) is 9.53 Å². The molecule has 0 saturated carbocycles. The van der Waals surface area contributed by atoms with E-state index in [1.54, 1.807) is 0 Å². The van der Waals surface area contributed by atoms with Gasteiger partial charge in [-0.2, -0.15) is 0 Å². The summed E-state index contributed by atoms with van der Waals surface area (Å²) in [6, 6.07) is 0. The van der Waals surface area contributed by atoms with Crippen molar-refractivity contribution in [1.29, 1.82) is 0 Å². The standard InChI is InChI=1S/C9H12O2S/c10-8-3-1-2-7(8)6-9-11-4-5-12-9/h2,9H,1,3-6H2. The number of ether oxygens (including phenoxy) is 1. The molecule has 1 fully saturated rings. The molecule has 66 valence electrons. The number of allylic oxidation sites excluding steroid dienone is 1. The average molecular weight is 184 g/mol. The molecule has 2 aliphatic rings. The van der Waals surface area contributed by atoms with Crippen molar-refractivity contribution in [2.75, 3.05) is 12.4 Å². The van der Waals surface area contributed by atoms with Crippen molar-refractivity contribution in [3.05, 3.63) is 11.6 Å². The van der Waals surface area contributed by atoms with Gasteiger partial charge in [0.05, 0.1) is 6.61 Å². The summed E-state index contributed by atoms with van der Waals surface area (Å²) in [6.45, 7) is 0.844. The number of thioether (sulfide) groups is 1. The minimum absolute atomic E-state index is 0.248. The molecule has 0 radical (unpaired) electrons. The first-order chi connectivity index (χ1) is 5.86. The minimum Gasteiger partial charge on any atom is -0.366 e. The fourth-order valence-electron chi connectivity index (χ4n) is 1.55. The van der Waals surface area contributed by atoms with Crippen LogP contribution < -0.4 is 0 Å². The molecule has 0 aromatic carbocycles. The van der Waals surface area contributed by atoms with Crippen molar-refractivity contribution in [3.8, 4) is 0 Å². The van der Waals surface area contributed by atoms with E-state index in [1.807, 2.05) is 11.8 Å². The highest BCUT2D eigenvalue weighted by Gasteiger charge is 2.22. The second kappa shape index (κ2) is 3.62. The smallest absolute Gasteiger partial charge is 0.158 e. The monoisotopic (exact) mass is 184 g/mol. The molecule has 0 bridgehead atoms. The first-order valence-electron chi connectivity index (χ1n) is 4.32. The Morgan fingerprint density at radius 3 is 3.17 bits per heavy atom. The van der Waals surface area contributed by atoms with E-state index in [1.165, 1.54) is 0 Å². The Balaban J connectivity index is 1.89. The summed E-state index contributed by atoms with van der Waals surface area (Å²) in [7, 11) is 0. The molecule has 1 unspecified atom stereocenters. The van der Waals surface area contributed by atoms with E-state index in [4.69, 9.17) is 4.74 Å². The largest absolute Gasteiger partial charge is 0.366 e. The van der Waals surface area contributed by atoms with Crippen LogP contribution in [-0.4, -0.2) is 23.6 Å². The van der Waals surface area contributed by atoms with Gasteiger partial charge in [-0.3, -0.25) is 4.79 Å². The third-order valence-electron chi connectivity index (χ3n) is 2.20. The molecule has 1 saturated heterocycles. The average Bonchev–Trinajstić information content (AvgIpc) is 2.65. The third kappa shape index (κ3) is 1.72. The number of hydrogen-bond acceptors (Lipinski definition) is 3. The highest BCUT2D eigenvalue weighted by atomic mass is 32.2. The van der Waals surface area contributed by atoms with Gasteiger partial charge in [0.2, 0.25) is 0 Å². The minimum atomic E-state index is 0.248. The fourth-order valence-corrected chi connectivity index (χ4v) is 2.50. The maximum Gasteiger partial charge on any atom is 0.158 e. The van der Waals surface area contributed by atoms with Crippen molar-refractivity contribution in [1.82, 2.24) is 0 Å². The first kappa shape index (κ1) is 8.32. The summed E-state index contributed by atoms with van der Waals surface area (Å²) in [5, 5.41) is 0. The third-order valence-corrected chi connectivity index (χ3v) is 3.27. The highest BCUT2D eigenvalue weighted by molar-refractivity contribution is 7.99. The highest BCUT2D eigenvalue weighted by Crippen LogP contribution is 2.28. The summed E-state index contributed by atoms with van der Waals surface area (Å²) in [5.41, 5.74) is 1.24. The molecule has 0 aromatic rings. The Morgan fingerprint density at radius 2 is 2.58 bits per heavy atom. The van der Waals surface area contributed by atoms with Crippen LogP contribution in [0.1, 0.15) is 19.3 Å². The zero-order chi connectivity index (χ0) is 8.39. The summed E-state index contributed by atoms with van der Waals surface area (Å²) in [5.74, 6) is 1.40. The van der Waals surface area contributed by atoms with Crippen molar-refractivity contribution < 1.29 is 9.53 Å². The summed E-state index contributed by atoms with van der Waals surface area (Å²) in [4.78, 5) is 11.2. The van der Waals surface area contributed by atoms with E-state index < -0.39 is 0 Å². The van der Waals surface area contributed by atoms with Crippen LogP contribution in [0.4, 0.5) is 0 Å². The van der Waals surface area contributed by atoms with Crippen LogP contribution in [0.15, 0.2) is 11.6 Å². The van der Waals surface area contributed by atoms with Crippen molar-refractivity contribution in [2.45, 2.75) is 24.7 Å². The number of carbonyl (C=O) groups is 1. The summed E-state index contributed by atoms with van der Waals surface area (Å²) < 4.78 is 5.43. The van der Waals surface area contributed by atoms with Gasteiger partial charge in [0.15, 0.2) is 5.78 Å². The predicted molar refractivity (Wildman–Crippen MR) is 49.1 cm³/mol. The van der Waals surface area contributed by atoms with E-state index in [9.17, 15) is 4.79 Å². The van der Waals surface area contributed by atoms with Gasteiger partial charge >= 0.3 is 0 Å². The van der Waals surface area contributed by atoms with E-state index in [-0.39, 0.29) is 5.44 Å². The Bertz CT molecular complexity index is 217. The number of rotatable bonds is 2. The molecule has 3 heteroatoms. The summed E-state index contributed by atoms with van der Waals surface area (Å²) >= 11 is 1.82. The van der Waals surface area contributed by atoms with Crippen LogP contribution in [0.3, 0.4) is 0 Å². The van der Waals surface area contributed by atoms with Crippen molar-refractivity contribution in [3.63, 3.8) is 0 Å². The quantitative estimate of drug-likeness (QED) is 0.654. The van der Waals surface area contributed by atoms with Gasteiger partial charge in [0, 0.05) is 18.6 Å². The predicted octanol–water partition coefficient (Wildman–Crippen LogP) is 1.76. The lowest BCUT2D eigenvalue weighted by molar-refractivity contribution is -0.115. The number of ketones is 1. The molecule has 0 aromatic heterocycles. The fraction of sp³-hybridized carbons (Fsp3) is 0.667. The van der Waals surface area contributed by atoms with E-state index >= 15 is 0 Å². The lowest BCUT2D eigenvalue weighted by atomic mass is 10.1. The molecule has 1 aliphatic heterocycles. The molecule has 12 heavy (non-hydrogen) atoms. The Morgan fingerprint density at radius 1 is 1.67 bits per heavy atom. The molecule has 2 rings (SSSR count). The van der Waals surface area contributed by atoms with Crippen LogP contribution in [0.25, 0.3) is 0 Å². The molecule has 0 amide bonds. The van der Waals surface area contributed by atoms with Gasteiger partial charge in [-0.15, -0.1) is 11.8 Å². The van der Waals surface area contributed by atoms with Gasteiger partial charge in [-0.25, -0.2) is 0 Å². The SMILES string of the molecule is O=C1CCC=C1CC1OCCS1.